The zero-order valence-electron chi connectivity index (χ0n) is 25.4. The number of halogens is 2. The maximum Gasteiger partial charge on any atom is 0.335 e. The van der Waals surface area contributed by atoms with Crippen LogP contribution in [0.25, 0.3) is 11.0 Å². The van der Waals surface area contributed by atoms with E-state index in [0.717, 1.165) is 11.8 Å². The van der Waals surface area contributed by atoms with Crippen molar-refractivity contribution < 1.29 is 28.5 Å². The van der Waals surface area contributed by atoms with Gasteiger partial charge in [0, 0.05) is 45.1 Å². The lowest BCUT2D eigenvalue weighted by atomic mass is 10.0. The number of piperazine rings is 1. The summed E-state index contributed by atoms with van der Waals surface area (Å²) in [5, 5.41) is 14.4. The van der Waals surface area contributed by atoms with E-state index in [1.54, 1.807) is 29.2 Å². The van der Waals surface area contributed by atoms with Crippen molar-refractivity contribution in [2.75, 3.05) is 31.2 Å². The number of imidazole rings is 1. The van der Waals surface area contributed by atoms with Crippen molar-refractivity contribution in [2.24, 2.45) is 0 Å². The van der Waals surface area contributed by atoms with Gasteiger partial charge in [-0.25, -0.2) is 14.2 Å². The number of fused-ring (bicyclic) bond motifs is 3. The summed E-state index contributed by atoms with van der Waals surface area (Å²) in [5.41, 5.74) is 1.99. The molecule has 3 aliphatic heterocycles. The van der Waals surface area contributed by atoms with E-state index in [-0.39, 0.29) is 23.2 Å². The maximum absolute atomic E-state index is 15.2. The van der Waals surface area contributed by atoms with E-state index < -0.39 is 17.6 Å². The monoisotopic (exact) mass is 659 g/mol. The molecule has 0 amide bonds. The summed E-state index contributed by atoms with van der Waals surface area (Å²) in [6.45, 7) is 5.61. The predicted octanol–water partition coefficient (Wildman–Crippen LogP) is 4.55. The van der Waals surface area contributed by atoms with Gasteiger partial charge in [-0.3, -0.25) is 14.6 Å². The summed E-state index contributed by atoms with van der Waals surface area (Å²) < 4.78 is 37.8. The standard InChI is InChI=1S/C33H31ClFN7O5/c1-33(28-7-6-21(34)16-36-28)46-27-5-2-4-23(31(27)47-33)41-12-10-39(25-18-45-19-26(25)41)17-29-38-30-22(35)14-20(32(43)44)15-24(30)42(29)13-11-40-9-3-8-37-40/h2-9,14-16,25-26H,10-13,17-19H2,1H3,(H,43,44)/t25-,26+,33-/m0/s1. The van der Waals surface area contributed by atoms with Gasteiger partial charge in [0.2, 0.25) is 0 Å². The number of pyridine rings is 1. The molecule has 3 aliphatic rings. The molecule has 0 saturated carbocycles. The second kappa shape index (κ2) is 11.5. The van der Waals surface area contributed by atoms with Crippen LogP contribution in [0.15, 0.2) is 67.1 Å². The number of aromatic nitrogens is 5. The molecule has 2 fully saturated rings. The van der Waals surface area contributed by atoms with E-state index >= 15 is 4.39 Å². The lowest BCUT2D eigenvalue weighted by Crippen LogP contribution is -2.59. The number of ether oxygens (including phenoxy) is 3. The lowest BCUT2D eigenvalue weighted by Gasteiger charge is -2.44. The smallest absolute Gasteiger partial charge is 0.335 e. The molecule has 8 rings (SSSR count). The minimum atomic E-state index is -1.19. The molecule has 3 atom stereocenters. The number of carboxylic acids is 1. The summed E-state index contributed by atoms with van der Waals surface area (Å²) in [5.74, 6) is -1.03. The van der Waals surface area contributed by atoms with Crippen LogP contribution < -0.4 is 14.4 Å². The summed E-state index contributed by atoms with van der Waals surface area (Å²) in [6, 6.07) is 13.8. The molecule has 0 bridgehead atoms. The van der Waals surface area contributed by atoms with Gasteiger partial charge in [0.15, 0.2) is 17.3 Å². The highest BCUT2D eigenvalue weighted by Crippen LogP contribution is 2.50. The van der Waals surface area contributed by atoms with Gasteiger partial charge >= 0.3 is 5.97 Å². The topological polar surface area (TPSA) is 120 Å². The molecule has 242 valence electrons. The van der Waals surface area contributed by atoms with Gasteiger partial charge in [-0.05, 0) is 42.5 Å². The van der Waals surface area contributed by atoms with Gasteiger partial charge in [0.1, 0.15) is 17.0 Å². The number of hydrogen-bond acceptors (Lipinski definition) is 9. The number of aryl methyl sites for hydroxylation is 2. The van der Waals surface area contributed by atoms with Crippen LogP contribution in [0.4, 0.5) is 10.1 Å². The van der Waals surface area contributed by atoms with Crippen molar-refractivity contribution >= 4 is 34.3 Å². The Morgan fingerprint density at radius 1 is 1.11 bits per heavy atom. The SMILES string of the molecule is C[C@]1(c2ccc(Cl)cn2)Oc2cccc(N3CCN(Cc4nc5c(F)cc(C(=O)O)cc5n4CCn4cccn4)[C@H]4COC[C@H]43)c2O1. The maximum atomic E-state index is 15.2. The lowest BCUT2D eigenvalue weighted by molar-refractivity contribution is -0.0716. The summed E-state index contributed by atoms with van der Waals surface area (Å²) in [6.07, 6.45) is 5.12. The quantitative estimate of drug-likeness (QED) is 0.254. The first-order chi connectivity index (χ1) is 22.8. The molecule has 47 heavy (non-hydrogen) atoms. The molecule has 6 heterocycles. The Morgan fingerprint density at radius 2 is 1.98 bits per heavy atom. The average Bonchev–Trinajstić information content (AvgIpc) is 3.86. The summed E-state index contributed by atoms with van der Waals surface area (Å²) in [7, 11) is 0. The first-order valence-electron chi connectivity index (χ1n) is 15.4. The number of nitrogens with zero attached hydrogens (tertiary/aromatic N) is 7. The molecule has 0 unspecified atom stereocenters. The molecule has 3 aromatic heterocycles. The van der Waals surface area contributed by atoms with Crippen LogP contribution in [0.5, 0.6) is 11.5 Å². The van der Waals surface area contributed by atoms with Gasteiger partial charge in [0.25, 0.3) is 5.79 Å². The van der Waals surface area contributed by atoms with Crippen molar-refractivity contribution in [2.45, 2.75) is 44.4 Å². The first-order valence-corrected chi connectivity index (χ1v) is 15.8. The molecular weight excluding hydrogens is 629 g/mol. The van der Waals surface area contributed by atoms with Crippen molar-refractivity contribution in [3.8, 4) is 11.5 Å². The normalized spacial score (nSPS) is 22.2. The molecule has 2 aromatic carbocycles. The number of carboxylic acid groups (broad SMARTS) is 1. The van der Waals surface area contributed by atoms with Crippen LogP contribution in [0.1, 0.15) is 28.8 Å². The van der Waals surface area contributed by atoms with E-state index in [2.05, 4.69) is 19.9 Å². The number of para-hydroxylation sites is 1. The highest BCUT2D eigenvalue weighted by Gasteiger charge is 2.46. The van der Waals surface area contributed by atoms with E-state index in [1.807, 2.05) is 42.0 Å². The predicted molar refractivity (Wildman–Crippen MR) is 169 cm³/mol. The molecule has 0 spiro atoms. The number of aromatic carboxylic acids is 1. The fourth-order valence-corrected chi connectivity index (χ4v) is 6.98. The Kier molecular flexibility index (Phi) is 7.27. The van der Waals surface area contributed by atoms with Gasteiger partial charge in [-0.2, -0.15) is 5.10 Å². The van der Waals surface area contributed by atoms with Crippen molar-refractivity contribution in [3.63, 3.8) is 0 Å². The fourth-order valence-electron chi connectivity index (χ4n) is 6.87. The highest BCUT2D eigenvalue weighted by molar-refractivity contribution is 6.30. The third-order valence-corrected chi connectivity index (χ3v) is 9.39. The van der Waals surface area contributed by atoms with Crippen molar-refractivity contribution in [1.82, 2.24) is 29.2 Å². The Bertz CT molecular complexity index is 1970. The molecule has 14 heteroatoms. The molecule has 1 N–H and O–H groups in total. The van der Waals surface area contributed by atoms with Gasteiger partial charge in [0.05, 0.1) is 60.2 Å². The Labute approximate surface area is 273 Å². The number of benzene rings is 2. The largest absolute Gasteiger partial charge is 0.478 e. The molecule has 12 nitrogen and oxygen atoms in total. The summed E-state index contributed by atoms with van der Waals surface area (Å²) in [4.78, 5) is 25.6. The zero-order chi connectivity index (χ0) is 32.3. The fraction of sp³-hybridized carbons (Fsp3) is 0.333. The Morgan fingerprint density at radius 3 is 2.77 bits per heavy atom. The minimum absolute atomic E-state index is 0.0108. The Hall–Kier alpha value is -4.72. The Balaban J connectivity index is 1.08. The second-order valence-electron chi connectivity index (χ2n) is 12.0. The van der Waals surface area contributed by atoms with Gasteiger partial charge in [-0.15, -0.1) is 0 Å². The van der Waals surface area contributed by atoms with Crippen LogP contribution in [0, 0.1) is 5.82 Å². The van der Waals surface area contributed by atoms with Crippen LogP contribution in [0.2, 0.25) is 5.02 Å². The molecule has 0 radical (unpaired) electrons. The van der Waals surface area contributed by atoms with Crippen molar-refractivity contribution in [3.05, 3.63) is 95.0 Å². The average molecular weight is 660 g/mol. The molecule has 0 aliphatic carbocycles. The minimum Gasteiger partial charge on any atom is -0.478 e. The summed E-state index contributed by atoms with van der Waals surface area (Å²) >= 11 is 6.07. The second-order valence-corrected chi connectivity index (χ2v) is 12.5. The van der Waals surface area contributed by atoms with Gasteiger partial charge in [-0.1, -0.05) is 17.7 Å². The third kappa shape index (κ3) is 5.24. The molecular formula is C33H31ClFN7O5. The van der Waals surface area contributed by atoms with E-state index in [0.29, 0.717) is 79.5 Å². The molecule has 5 aromatic rings. The van der Waals surface area contributed by atoms with Crippen LogP contribution in [-0.4, -0.2) is 78.7 Å². The van der Waals surface area contributed by atoms with Gasteiger partial charge < -0.3 is 28.8 Å². The van der Waals surface area contributed by atoms with E-state index in [9.17, 15) is 9.90 Å². The highest BCUT2D eigenvalue weighted by atomic mass is 35.5. The van der Waals surface area contributed by atoms with Crippen LogP contribution in [0.3, 0.4) is 0 Å². The number of hydrogen-bond donors (Lipinski definition) is 1. The van der Waals surface area contributed by atoms with Crippen molar-refractivity contribution in [1.29, 1.82) is 0 Å². The van der Waals surface area contributed by atoms with E-state index in [4.69, 9.17) is 30.8 Å². The number of rotatable bonds is 8. The zero-order valence-corrected chi connectivity index (χ0v) is 26.2. The van der Waals surface area contributed by atoms with E-state index in [1.165, 1.54) is 6.07 Å². The molecule has 2 saturated heterocycles. The number of anilines is 1. The third-order valence-electron chi connectivity index (χ3n) is 9.17. The first kappa shape index (κ1) is 29.7. The van der Waals surface area contributed by atoms with Crippen LogP contribution >= 0.6 is 11.6 Å². The number of carbonyl (C=O) groups is 1. The van der Waals surface area contributed by atoms with Crippen LogP contribution in [-0.2, 0) is 30.2 Å².